The Bertz CT molecular complexity index is 720. The lowest BCUT2D eigenvalue weighted by Gasteiger charge is -2.32. The van der Waals surface area contributed by atoms with Gasteiger partial charge in [-0.25, -0.2) is 4.39 Å². The molecule has 2 aromatic carbocycles. The van der Waals surface area contributed by atoms with Crippen molar-refractivity contribution in [1.82, 2.24) is 10.2 Å². The second kappa shape index (κ2) is 9.51. The number of hydrogen-bond acceptors (Lipinski definition) is 3. The van der Waals surface area contributed by atoms with Gasteiger partial charge in [-0.1, -0.05) is 30.3 Å². The fourth-order valence-corrected chi connectivity index (χ4v) is 3.56. The monoisotopic (exact) mass is 369 g/mol. The third-order valence-corrected chi connectivity index (χ3v) is 5.14. The lowest BCUT2D eigenvalue weighted by Crippen LogP contribution is -2.44. The number of carbonyl (C=O) groups is 1. The summed E-state index contributed by atoms with van der Waals surface area (Å²) in [5, 5.41) is 3.09. The van der Waals surface area contributed by atoms with Gasteiger partial charge in [0.05, 0.1) is 5.92 Å². The van der Waals surface area contributed by atoms with Crippen molar-refractivity contribution >= 4 is 11.6 Å². The summed E-state index contributed by atoms with van der Waals surface area (Å²) in [7, 11) is 2.03. The van der Waals surface area contributed by atoms with E-state index in [0.29, 0.717) is 6.54 Å². The maximum Gasteiger partial charge on any atom is 0.224 e. The van der Waals surface area contributed by atoms with Gasteiger partial charge in [0.1, 0.15) is 5.82 Å². The van der Waals surface area contributed by atoms with Crippen molar-refractivity contribution in [3.8, 4) is 0 Å². The minimum Gasteiger partial charge on any atom is -0.373 e. The molecule has 2 aromatic rings. The maximum absolute atomic E-state index is 13.0. The Kier molecular flexibility index (Phi) is 6.82. The Hall–Kier alpha value is -2.40. The smallest absolute Gasteiger partial charge is 0.224 e. The molecule has 0 spiro atoms. The molecule has 4 nitrogen and oxygen atoms in total. The summed E-state index contributed by atoms with van der Waals surface area (Å²) in [6, 6.07) is 16.8. The second-order valence-corrected chi connectivity index (χ2v) is 7.25. The molecule has 3 rings (SSSR count). The maximum atomic E-state index is 13.0. The molecule has 1 saturated heterocycles. The summed E-state index contributed by atoms with van der Waals surface area (Å²) in [5.41, 5.74) is 2.23. The van der Waals surface area contributed by atoms with E-state index < -0.39 is 0 Å². The molecule has 0 radical (unpaired) electrons. The number of nitrogens with one attached hydrogen (secondary N) is 1. The van der Waals surface area contributed by atoms with Gasteiger partial charge in [-0.15, -0.1) is 0 Å². The van der Waals surface area contributed by atoms with E-state index >= 15 is 0 Å². The van der Waals surface area contributed by atoms with Gasteiger partial charge in [-0.2, -0.15) is 0 Å². The largest absolute Gasteiger partial charge is 0.373 e. The van der Waals surface area contributed by atoms with Crippen molar-refractivity contribution in [3.05, 3.63) is 66.0 Å². The first-order valence-corrected chi connectivity index (χ1v) is 9.62. The van der Waals surface area contributed by atoms with Crippen LogP contribution in [-0.4, -0.2) is 44.0 Å². The molecule has 27 heavy (non-hydrogen) atoms. The van der Waals surface area contributed by atoms with E-state index in [1.54, 1.807) is 0 Å². The normalized spacial score (nSPS) is 17.5. The SMILES string of the molecule is CN(CCNC(=O)[C@H]1CCCN(Cc2ccc(F)cc2)C1)c1ccccc1. The van der Waals surface area contributed by atoms with E-state index in [1.165, 1.54) is 12.1 Å². The number of rotatable bonds is 7. The van der Waals surface area contributed by atoms with E-state index in [1.807, 2.05) is 37.4 Å². The standard InChI is InChI=1S/C22H28FN3O/c1-25(21-7-3-2-4-8-21)15-13-24-22(27)19-6-5-14-26(17-19)16-18-9-11-20(23)12-10-18/h2-4,7-12,19H,5-6,13-17H2,1H3,(H,24,27)/t19-/m0/s1. The number of benzene rings is 2. The quantitative estimate of drug-likeness (QED) is 0.814. The number of amides is 1. The van der Waals surface area contributed by atoms with Crippen LogP contribution in [-0.2, 0) is 11.3 Å². The first kappa shape index (κ1) is 19.4. The van der Waals surface area contributed by atoms with Crippen molar-refractivity contribution in [2.45, 2.75) is 19.4 Å². The number of para-hydroxylation sites is 1. The van der Waals surface area contributed by atoms with Crippen LogP contribution in [0, 0.1) is 11.7 Å². The zero-order valence-corrected chi connectivity index (χ0v) is 15.9. The summed E-state index contributed by atoms with van der Waals surface area (Å²) in [6.45, 7) is 3.93. The molecule has 0 saturated carbocycles. The third-order valence-electron chi connectivity index (χ3n) is 5.14. The Labute approximate surface area is 161 Å². The molecule has 1 heterocycles. The minimum absolute atomic E-state index is 0.0289. The predicted molar refractivity (Wildman–Crippen MR) is 107 cm³/mol. The number of hydrogen-bond donors (Lipinski definition) is 1. The van der Waals surface area contributed by atoms with Gasteiger partial charge in [-0.3, -0.25) is 9.69 Å². The first-order valence-electron chi connectivity index (χ1n) is 9.62. The van der Waals surface area contributed by atoms with Crippen molar-refractivity contribution in [2.75, 3.05) is 38.1 Å². The number of nitrogens with zero attached hydrogens (tertiary/aromatic N) is 2. The van der Waals surface area contributed by atoms with E-state index in [4.69, 9.17) is 0 Å². The number of halogens is 1. The van der Waals surface area contributed by atoms with Gasteiger partial charge in [-0.05, 0) is 49.2 Å². The first-order chi connectivity index (χ1) is 13.1. The van der Waals surface area contributed by atoms with Crippen LogP contribution in [0.15, 0.2) is 54.6 Å². The molecule has 0 aromatic heterocycles. The van der Waals surface area contributed by atoms with Crippen LogP contribution in [0.2, 0.25) is 0 Å². The highest BCUT2D eigenvalue weighted by atomic mass is 19.1. The summed E-state index contributed by atoms with van der Waals surface area (Å²) < 4.78 is 13.0. The molecule has 1 aliphatic heterocycles. The molecule has 0 aliphatic carbocycles. The Balaban J connectivity index is 1.43. The van der Waals surface area contributed by atoms with E-state index in [9.17, 15) is 9.18 Å². The molecular weight excluding hydrogens is 341 g/mol. The molecule has 1 amide bonds. The van der Waals surface area contributed by atoms with Crippen LogP contribution in [0.25, 0.3) is 0 Å². The fraction of sp³-hybridized carbons (Fsp3) is 0.409. The molecule has 0 unspecified atom stereocenters. The van der Waals surface area contributed by atoms with E-state index in [2.05, 4.69) is 27.2 Å². The average Bonchev–Trinajstić information content (AvgIpc) is 2.70. The third kappa shape index (κ3) is 5.79. The lowest BCUT2D eigenvalue weighted by atomic mass is 9.96. The summed E-state index contributed by atoms with van der Waals surface area (Å²) in [4.78, 5) is 17.0. The number of anilines is 1. The lowest BCUT2D eigenvalue weighted by molar-refractivity contribution is -0.126. The van der Waals surface area contributed by atoms with Crippen LogP contribution in [0.5, 0.6) is 0 Å². The number of likely N-dealkylation sites (N-methyl/N-ethyl adjacent to an activating group) is 1. The molecule has 1 aliphatic rings. The highest BCUT2D eigenvalue weighted by Gasteiger charge is 2.25. The van der Waals surface area contributed by atoms with Gasteiger partial charge >= 0.3 is 0 Å². The molecule has 1 fully saturated rings. The molecule has 5 heteroatoms. The predicted octanol–water partition coefficient (Wildman–Crippen LogP) is 3.29. The van der Waals surface area contributed by atoms with E-state index in [-0.39, 0.29) is 17.6 Å². The van der Waals surface area contributed by atoms with E-state index in [0.717, 1.165) is 50.3 Å². The summed E-state index contributed by atoms with van der Waals surface area (Å²) in [6.07, 6.45) is 1.95. The second-order valence-electron chi connectivity index (χ2n) is 7.25. The van der Waals surface area contributed by atoms with Crippen molar-refractivity contribution in [2.24, 2.45) is 5.92 Å². The zero-order valence-electron chi connectivity index (χ0n) is 15.9. The van der Waals surface area contributed by atoms with Gasteiger partial charge < -0.3 is 10.2 Å². The van der Waals surface area contributed by atoms with Crippen molar-refractivity contribution < 1.29 is 9.18 Å². The zero-order chi connectivity index (χ0) is 19.1. The van der Waals surface area contributed by atoms with Crippen LogP contribution in [0.4, 0.5) is 10.1 Å². The molecule has 1 N–H and O–H groups in total. The molecule has 0 bridgehead atoms. The van der Waals surface area contributed by atoms with Gasteiger partial charge in [0.25, 0.3) is 0 Å². The highest BCUT2D eigenvalue weighted by Crippen LogP contribution is 2.19. The summed E-state index contributed by atoms with van der Waals surface area (Å²) >= 11 is 0. The van der Waals surface area contributed by atoms with Crippen molar-refractivity contribution in [1.29, 1.82) is 0 Å². The van der Waals surface area contributed by atoms with Crippen LogP contribution >= 0.6 is 0 Å². The Morgan fingerprint density at radius 1 is 1.19 bits per heavy atom. The minimum atomic E-state index is -0.213. The molecule has 1 atom stereocenters. The van der Waals surface area contributed by atoms with Gasteiger partial charge in [0, 0.05) is 38.9 Å². The fourth-order valence-electron chi connectivity index (χ4n) is 3.56. The number of piperidine rings is 1. The van der Waals surface area contributed by atoms with Crippen molar-refractivity contribution in [3.63, 3.8) is 0 Å². The molecular formula is C22H28FN3O. The number of likely N-dealkylation sites (tertiary alicyclic amines) is 1. The van der Waals surface area contributed by atoms with Crippen LogP contribution in [0.3, 0.4) is 0 Å². The summed E-state index contributed by atoms with van der Waals surface area (Å²) in [5.74, 6) is -0.0448. The highest BCUT2D eigenvalue weighted by molar-refractivity contribution is 5.79. The topological polar surface area (TPSA) is 35.6 Å². The number of carbonyl (C=O) groups excluding carboxylic acids is 1. The Morgan fingerprint density at radius 3 is 2.67 bits per heavy atom. The van der Waals surface area contributed by atoms with Gasteiger partial charge in [0.15, 0.2) is 0 Å². The van der Waals surface area contributed by atoms with Crippen LogP contribution < -0.4 is 10.2 Å². The Morgan fingerprint density at radius 2 is 1.93 bits per heavy atom. The molecule has 144 valence electrons. The van der Waals surface area contributed by atoms with Crippen LogP contribution in [0.1, 0.15) is 18.4 Å². The van der Waals surface area contributed by atoms with Gasteiger partial charge in [0.2, 0.25) is 5.91 Å². The average molecular weight is 369 g/mol.